The zero-order chi connectivity index (χ0) is 11.5. The number of halogens is 2. The number of hydrogen-bond acceptors (Lipinski definition) is 2. The molecule has 1 heterocycles. The third kappa shape index (κ3) is 2.40. The minimum Gasteiger partial charge on any atom is -0.388 e. The van der Waals surface area contributed by atoms with Crippen LogP contribution in [0.3, 0.4) is 0 Å². The Labute approximate surface area is 96.9 Å². The molecule has 1 aromatic carbocycles. The van der Waals surface area contributed by atoms with E-state index in [0.29, 0.717) is 17.8 Å². The van der Waals surface area contributed by atoms with Crippen LogP contribution >= 0.6 is 11.6 Å². The van der Waals surface area contributed by atoms with Gasteiger partial charge < -0.3 is 10.1 Å². The molecule has 2 rings (SSSR count). The number of rotatable bonds is 3. The van der Waals surface area contributed by atoms with E-state index in [1.807, 2.05) is 0 Å². The molecular weight excluding hydrogens is 231 g/mol. The molecule has 2 aromatic rings. The van der Waals surface area contributed by atoms with Crippen LogP contribution in [0.15, 0.2) is 30.6 Å². The molecule has 0 aliphatic heterocycles. The zero-order valence-electron chi connectivity index (χ0n) is 8.32. The summed E-state index contributed by atoms with van der Waals surface area (Å²) in [5, 5.41) is 10.1. The van der Waals surface area contributed by atoms with E-state index in [1.54, 1.807) is 12.4 Å². The van der Waals surface area contributed by atoms with E-state index in [4.69, 9.17) is 11.6 Å². The van der Waals surface area contributed by atoms with Gasteiger partial charge >= 0.3 is 0 Å². The summed E-state index contributed by atoms with van der Waals surface area (Å²) in [5.41, 5.74) is 0.500. The number of nitrogens with one attached hydrogen (secondary N) is 1. The molecule has 0 spiro atoms. The Balaban J connectivity index is 2.17. The fraction of sp³-hybridized carbons (Fsp3) is 0.182. The van der Waals surface area contributed by atoms with Gasteiger partial charge in [0.2, 0.25) is 0 Å². The second-order valence-electron chi connectivity index (χ2n) is 3.42. The highest BCUT2D eigenvalue weighted by molar-refractivity contribution is 6.31. The summed E-state index contributed by atoms with van der Waals surface area (Å²) in [6, 6.07) is 3.93. The molecule has 5 heteroatoms. The first-order chi connectivity index (χ1) is 7.66. The molecule has 0 amide bonds. The standard InChI is InChI=1S/C11H10ClFN2O/c12-9-5-7(13)1-2-8(9)10(16)6-11-14-3-4-15-11/h1-5,10,16H,6H2,(H,14,15). The van der Waals surface area contributed by atoms with Crippen molar-refractivity contribution in [1.82, 2.24) is 9.97 Å². The zero-order valence-corrected chi connectivity index (χ0v) is 9.08. The van der Waals surface area contributed by atoms with Crippen LogP contribution in [0.1, 0.15) is 17.5 Å². The number of benzene rings is 1. The highest BCUT2D eigenvalue weighted by Crippen LogP contribution is 2.25. The van der Waals surface area contributed by atoms with Crippen molar-refractivity contribution in [3.8, 4) is 0 Å². The lowest BCUT2D eigenvalue weighted by Crippen LogP contribution is -2.04. The average molecular weight is 241 g/mol. The fourth-order valence-corrected chi connectivity index (χ4v) is 1.77. The number of hydrogen-bond donors (Lipinski definition) is 2. The van der Waals surface area contributed by atoms with Crippen molar-refractivity contribution in [2.24, 2.45) is 0 Å². The summed E-state index contributed by atoms with van der Waals surface area (Å²) in [5.74, 6) is 0.242. The van der Waals surface area contributed by atoms with Crippen LogP contribution in [0.2, 0.25) is 5.02 Å². The number of nitrogens with zero attached hydrogens (tertiary/aromatic N) is 1. The predicted molar refractivity (Wildman–Crippen MR) is 58.7 cm³/mol. The second kappa shape index (κ2) is 4.63. The van der Waals surface area contributed by atoms with E-state index in [0.717, 1.165) is 0 Å². The van der Waals surface area contributed by atoms with E-state index in [1.165, 1.54) is 18.2 Å². The summed E-state index contributed by atoms with van der Waals surface area (Å²) in [6.07, 6.45) is 2.81. The molecule has 16 heavy (non-hydrogen) atoms. The van der Waals surface area contributed by atoms with Gasteiger partial charge in [-0.1, -0.05) is 17.7 Å². The Bertz CT molecular complexity index is 473. The molecule has 3 nitrogen and oxygen atoms in total. The first kappa shape index (κ1) is 11.1. The number of aliphatic hydroxyl groups excluding tert-OH is 1. The molecule has 0 radical (unpaired) electrons. The van der Waals surface area contributed by atoms with Crippen LogP contribution in [0.25, 0.3) is 0 Å². The Morgan fingerprint density at radius 1 is 1.50 bits per heavy atom. The van der Waals surface area contributed by atoms with Crippen LogP contribution in [0.5, 0.6) is 0 Å². The van der Waals surface area contributed by atoms with Crippen LogP contribution in [0, 0.1) is 5.82 Å². The summed E-state index contributed by atoms with van der Waals surface area (Å²) < 4.78 is 12.8. The van der Waals surface area contributed by atoms with Crippen molar-refractivity contribution in [2.45, 2.75) is 12.5 Å². The number of H-pyrrole nitrogens is 1. The van der Waals surface area contributed by atoms with Crippen molar-refractivity contribution >= 4 is 11.6 Å². The Morgan fingerprint density at radius 2 is 2.31 bits per heavy atom. The van der Waals surface area contributed by atoms with Gasteiger partial charge in [0.15, 0.2) is 0 Å². The molecule has 1 unspecified atom stereocenters. The van der Waals surface area contributed by atoms with Crippen LogP contribution in [0.4, 0.5) is 4.39 Å². The molecule has 0 saturated carbocycles. The molecule has 0 saturated heterocycles. The first-order valence-electron chi connectivity index (χ1n) is 4.78. The Morgan fingerprint density at radius 3 is 2.94 bits per heavy atom. The van der Waals surface area contributed by atoms with E-state index in [-0.39, 0.29) is 5.02 Å². The summed E-state index contributed by atoms with van der Waals surface area (Å²) in [4.78, 5) is 6.88. The van der Waals surface area contributed by atoms with Crippen molar-refractivity contribution in [1.29, 1.82) is 0 Å². The highest BCUT2D eigenvalue weighted by atomic mass is 35.5. The van der Waals surface area contributed by atoms with Gasteiger partial charge in [0.25, 0.3) is 0 Å². The molecule has 2 N–H and O–H groups in total. The van der Waals surface area contributed by atoms with Crippen molar-refractivity contribution in [3.05, 3.63) is 52.8 Å². The van der Waals surface area contributed by atoms with E-state index < -0.39 is 11.9 Å². The van der Waals surface area contributed by atoms with Crippen LogP contribution < -0.4 is 0 Å². The third-order valence-corrected chi connectivity index (χ3v) is 2.59. The monoisotopic (exact) mass is 240 g/mol. The van der Waals surface area contributed by atoms with Crippen LogP contribution in [-0.2, 0) is 6.42 Å². The summed E-state index contributed by atoms with van der Waals surface area (Å²) in [7, 11) is 0. The maximum atomic E-state index is 12.8. The number of aromatic nitrogens is 2. The van der Waals surface area contributed by atoms with Gasteiger partial charge in [-0.15, -0.1) is 0 Å². The third-order valence-electron chi connectivity index (χ3n) is 2.26. The lowest BCUT2D eigenvalue weighted by Gasteiger charge is -2.11. The second-order valence-corrected chi connectivity index (χ2v) is 3.83. The molecule has 0 bridgehead atoms. The predicted octanol–water partition coefficient (Wildman–Crippen LogP) is 2.48. The minimum absolute atomic E-state index is 0.221. The maximum Gasteiger partial charge on any atom is 0.124 e. The van der Waals surface area contributed by atoms with Gasteiger partial charge in [-0.25, -0.2) is 9.37 Å². The Hall–Kier alpha value is -1.39. The number of aromatic amines is 1. The topological polar surface area (TPSA) is 48.9 Å². The quantitative estimate of drug-likeness (QED) is 0.866. The smallest absolute Gasteiger partial charge is 0.124 e. The first-order valence-corrected chi connectivity index (χ1v) is 5.16. The molecular formula is C11H10ClFN2O. The van der Waals surface area contributed by atoms with Crippen molar-refractivity contribution < 1.29 is 9.50 Å². The van der Waals surface area contributed by atoms with E-state index in [2.05, 4.69) is 9.97 Å². The van der Waals surface area contributed by atoms with Gasteiger partial charge in [-0.3, -0.25) is 0 Å². The molecule has 1 atom stereocenters. The highest BCUT2D eigenvalue weighted by Gasteiger charge is 2.13. The molecule has 1 aromatic heterocycles. The van der Waals surface area contributed by atoms with E-state index >= 15 is 0 Å². The SMILES string of the molecule is OC(Cc1ncc[nH]1)c1ccc(F)cc1Cl. The van der Waals surface area contributed by atoms with Crippen molar-refractivity contribution in [3.63, 3.8) is 0 Å². The number of aliphatic hydroxyl groups is 1. The van der Waals surface area contributed by atoms with Gasteiger partial charge in [0, 0.05) is 23.8 Å². The molecule has 84 valence electrons. The lowest BCUT2D eigenvalue weighted by atomic mass is 10.1. The van der Waals surface area contributed by atoms with Gasteiger partial charge in [-0.2, -0.15) is 0 Å². The fourth-order valence-electron chi connectivity index (χ4n) is 1.47. The Kier molecular flexibility index (Phi) is 3.22. The number of imidazole rings is 1. The molecule has 0 fully saturated rings. The normalized spacial score (nSPS) is 12.7. The largest absolute Gasteiger partial charge is 0.388 e. The van der Waals surface area contributed by atoms with Crippen molar-refractivity contribution in [2.75, 3.05) is 0 Å². The van der Waals surface area contributed by atoms with E-state index in [9.17, 15) is 9.50 Å². The molecule has 0 aliphatic carbocycles. The van der Waals surface area contributed by atoms with Gasteiger partial charge in [0.05, 0.1) is 6.10 Å². The maximum absolute atomic E-state index is 12.8. The summed E-state index contributed by atoms with van der Waals surface area (Å²) in [6.45, 7) is 0. The molecule has 0 aliphatic rings. The lowest BCUT2D eigenvalue weighted by molar-refractivity contribution is 0.176. The van der Waals surface area contributed by atoms with Gasteiger partial charge in [-0.05, 0) is 17.7 Å². The van der Waals surface area contributed by atoms with Gasteiger partial charge in [0.1, 0.15) is 11.6 Å². The van der Waals surface area contributed by atoms with Crippen LogP contribution in [-0.4, -0.2) is 15.1 Å². The minimum atomic E-state index is -0.792. The average Bonchev–Trinajstić information content (AvgIpc) is 2.70. The summed E-state index contributed by atoms with van der Waals surface area (Å²) >= 11 is 5.83.